The summed E-state index contributed by atoms with van der Waals surface area (Å²) in [5.74, 6) is 0. The summed E-state index contributed by atoms with van der Waals surface area (Å²) in [7, 11) is 3.57. The van der Waals surface area contributed by atoms with Crippen molar-refractivity contribution in [3.63, 3.8) is 0 Å². The van der Waals surface area contributed by atoms with Crippen LogP contribution in [0.4, 0.5) is 0 Å². The number of hydrogen-bond acceptors (Lipinski definition) is 2. The molecule has 4 nitrogen and oxygen atoms in total. The molecule has 4 heteroatoms. The number of methoxy groups -OCH3 is 1. The number of hydrogen-bond donors (Lipinski definition) is 3. The van der Waals surface area contributed by atoms with E-state index >= 15 is 0 Å². The first kappa shape index (κ1) is 16.0. The molecule has 0 heterocycles. The second-order valence-electron chi connectivity index (χ2n) is 4.06. The Kier molecular flexibility index (Phi) is 12.2. The number of rotatable bonds is 10. The quantitative estimate of drug-likeness (QED) is 0.221. The van der Waals surface area contributed by atoms with Gasteiger partial charge in [0, 0.05) is 0 Å². The molecule has 0 bridgehead atoms. The molecule has 100 valence electrons. The molecule has 0 saturated heterocycles. The van der Waals surface area contributed by atoms with Crippen LogP contribution in [-0.2, 0) is 4.74 Å². The first-order valence-electron chi connectivity index (χ1n) is 6.51. The molecule has 0 aromatic rings. The summed E-state index contributed by atoms with van der Waals surface area (Å²) in [4.78, 5) is 2.99. The number of allylic oxidation sites excluding steroid dienone is 2. The molecule has 0 fully saturated rings. The van der Waals surface area contributed by atoms with Gasteiger partial charge in [-0.2, -0.15) is 0 Å². The minimum absolute atomic E-state index is 0.401. The Labute approximate surface area is 105 Å². The van der Waals surface area contributed by atoms with E-state index in [2.05, 4.69) is 22.5 Å². The fourth-order valence-electron chi connectivity index (χ4n) is 1.48. The highest BCUT2D eigenvalue weighted by atomic mass is 16.5. The summed E-state index contributed by atoms with van der Waals surface area (Å²) >= 11 is 0. The van der Waals surface area contributed by atoms with Crippen molar-refractivity contribution in [1.29, 1.82) is 0 Å². The van der Waals surface area contributed by atoms with Crippen molar-refractivity contribution in [2.24, 2.45) is 5.73 Å². The molecule has 0 aromatic heterocycles. The topological polar surface area (TPSA) is 61.2 Å². The van der Waals surface area contributed by atoms with Gasteiger partial charge < -0.3 is 10.1 Å². The summed E-state index contributed by atoms with van der Waals surface area (Å²) in [5.41, 5.74) is 5.45. The lowest BCUT2D eigenvalue weighted by Crippen LogP contribution is -2.75. The number of unbranched alkanes of at least 4 members (excludes halogenated alkanes) is 4. The van der Waals surface area contributed by atoms with Gasteiger partial charge in [0.2, 0.25) is 0 Å². The first-order chi connectivity index (χ1) is 8.31. The van der Waals surface area contributed by atoms with Crippen LogP contribution in [0.3, 0.4) is 0 Å². The average molecular weight is 242 g/mol. The highest BCUT2D eigenvalue weighted by Gasteiger charge is 1.92. The molecule has 0 aliphatic heterocycles. The van der Waals surface area contributed by atoms with Crippen molar-refractivity contribution in [2.45, 2.75) is 38.5 Å². The standard InChI is InChI=1S/C13H27N3O/c1-15-11-9-7-5-3-4-6-8-10-12-16-13(14)17-2/h4,6,15H,3,5,7-12H2,1-2H3,(H2,14,16)/p+1/b6-4+. The fourth-order valence-corrected chi connectivity index (χ4v) is 1.48. The zero-order valence-electron chi connectivity index (χ0n) is 11.3. The van der Waals surface area contributed by atoms with Crippen LogP contribution in [0.2, 0.25) is 0 Å². The number of nitrogens with two attached hydrogens (primary N) is 1. The van der Waals surface area contributed by atoms with Gasteiger partial charge in [-0.1, -0.05) is 18.6 Å². The summed E-state index contributed by atoms with van der Waals surface area (Å²) in [6.45, 7) is 2.00. The Balaban J connectivity index is 3.20. The van der Waals surface area contributed by atoms with E-state index in [-0.39, 0.29) is 0 Å². The van der Waals surface area contributed by atoms with Gasteiger partial charge in [0.25, 0.3) is 0 Å². The van der Waals surface area contributed by atoms with Crippen LogP contribution < -0.4 is 16.0 Å². The van der Waals surface area contributed by atoms with Crippen molar-refractivity contribution in [2.75, 3.05) is 27.2 Å². The molecule has 0 rings (SSSR count). The maximum atomic E-state index is 5.45. The maximum Gasteiger partial charge on any atom is 0.439 e. The third-order valence-electron chi connectivity index (χ3n) is 2.53. The highest BCUT2D eigenvalue weighted by molar-refractivity contribution is 5.64. The lowest BCUT2D eigenvalue weighted by molar-refractivity contribution is -0.468. The minimum atomic E-state index is 0.401. The van der Waals surface area contributed by atoms with Crippen LogP contribution in [0.15, 0.2) is 12.2 Å². The second kappa shape index (κ2) is 13.0. The molecular weight excluding hydrogens is 214 g/mol. The minimum Gasteiger partial charge on any atom is -0.435 e. The van der Waals surface area contributed by atoms with E-state index in [1.165, 1.54) is 25.7 Å². The van der Waals surface area contributed by atoms with Crippen molar-refractivity contribution >= 4 is 6.02 Å². The Morgan fingerprint density at radius 1 is 1.18 bits per heavy atom. The molecule has 0 amide bonds. The Morgan fingerprint density at radius 3 is 2.53 bits per heavy atom. The first-order valence-corrected chi connectivity index (χ1v) is 6.51. The molecule has 0 radical (unpaired) electrons. The largest absolute Gasteiger partial charge is 0.439 e. The van der Waals surface area contributed by atoms with Gasteiger partial charge in [-0.3, -0.25) is 5.73 Å². The molecule has 17 heavy (non-hydrogen) atoms. The molecule has 0 aliphatic rings. The van der Waals surface area contributed by atoms with Crippen LogP contribution in [0.25, 0.3) is 0 Å². The van der Waals surface area contributed by atoms with Crippen molar-refractivity contribution < 1.29 is 9.73 Å². The molecule has 0 saturated carbocycles. The Morgan fingerprint density at radius 2 is 1.88 bits per heavy atom. The number of nitrogens with one attached hydrogen (secondary N) is 2. The van der Waals surface area contributed by atoms with Gasteiger partial charge in [-0.25, -0.2) is 4.99 Å². The van der Waals surface area contributed by atoms with Crippen molar-refractivity contribution in [3.05, 3.63) is 12.2 Å². The number of ether oxygens (including phenoxy) is 1. The van der Waals surface area contributed by atoms with E-state index in [1.54, 1.807) is 7.11 Å². The summed E-state index contributed by atoms with van der Waals surface area (Å²) in [5, 5.41) is 3.16. The van der Waals surface area contributed by atoms with Gasteiger partial charge in [0.1, 0.15) is 0 Å². The molecule has 0 spiro atoms. The third-order valence-corrected chi connectivity index (χ3v) is 2.53. The summed E-state index contributed by atoms with van der Waals surface area (Å²) in [6.07, 6.45) is 11.8. The van der Waals surface area contributed by atoms with E-state index in [0.717, 1.165) is 25.9 Å². The van der Waals surface area contributed by atoms with E-state index in [4.69, 9.17) is 10.5 Å². The van der Waals surface area contributed by atoms with Gasteiger partial charge in [-0.05, 0) is 45.7 Å². The lowest BCUT2D eigenvalue weighted by atomic mass is 10.1. The van der Waals surface area contributed by atoms with Gasteiger partial charge in [0.05, 0.1) is 13.7 Å². The van der Waals surface area contributed by atoms with Crippen LogP contribution in [0.1, 0.15) is 38.5 Å². The molecule has 0 atom stereocenters. The average Bonchev–Trinajstić information content (AvgIpc) is 2.35. The Hall–Kier alpha value is -1.03. The van der Waals surface area contributed by atoms with E-state index < -0.39 is 0 Å². The summed E-state index contributed by atoms with van der Waals surface area (Å²) in [6, 6.07) is 0.401. The highest BCUT2D eigenvalue weighted by Crippen LogP contribution is 2.00. The van der Waals surface area contributed by atoms with E-state index in [1.807, 2.05) is 7.05 Å². The van der Waals surface area contributed by atoms with Gasteiger partial charge in [-0.15, -0.1) is 0 Å². The zero-order chi connectivity index (χ0) is 12.8. The van der Waals surface area contributed by atoms with Gasteiger partial charge in [0.15, 0.2) is 0 Å². The predicted molar refractivity (Wildman–Crippen MR) is 72.8 cm³/mol. The maximum absolute atomic E-state index is 5.45. The second-order valence-corrected chi connectivity index (χ2v) is 4.06. The molecule has 0 unspecified atom stereocenters. The Bertz CT molecular complexity index is 215. The molecule has 4 N–H and O–H groups in total. The normalized spacial score (nSPS) is 12.2. The van der Waals surface area contributed by atoms with E-state index in [0.29, 0.717) is 6.02 Å². The number of amidine groups is 1. The molecular formula is C13H28N3O+. The van der Waals surface area contributed by atoms with Crippen molar-refractivity contribution in [3.8, 4) is 0 Å². The molecule has 0 aliphatic carbocycles. The smallest absolute Gasteiger partial charge is 0.435 e. The van der Waals surface area contributed by atoms with Gasteiger partial charge >= 0.3 is 6.02 Å². The van der Waals surface area contributed by atoms with Crippen LogP contribution in [0.5, 0.6) is 0 Å². The van der Waals surface area contributed by atoms with E-state index in [9.17, 15) is 0 Å². The SMILES string of the molecule is CNCCCCC/C=C/CCC[NH+]=C(N)OC. The fraction of sp³-hybridized carbons (Fsp3) is 0.769. The van der Waals surface area contributed by atoms with Crippen LogP contribution in [-0.4, -0.2) is 33.3 Å². The third kappa shape index (κ3) is 12.9. The van der Waals surface area contributed by atoms with Crippen LogP contribution >= 0.6 is 0 Å². The van der Waals surface area contributed by atoms with Crippen LogP contribution in [0, 0.1) is 0 Å². The molecule has 0 aromatic carbocycles. The monoisotopic (exact) mass is 242 g/mol. The lowest BCUT2D eigenvalue weighted by Gasteiger charge is -1.97. The summed E-state index contributed by atoms with van der Waals surface area (Å²) < 4.78 is 4.80. The predicted octanol–water partition coefficient (Wildman–Crippen LogP) is 0.144. The van der Waals surface area contributed by atoms with Crippen molar-refractivity contribution in [1.82, 2.24) is 5.32 Å². The zero-order valence-corrected chi connectivity index (χ0v) is 11.3.